The highest BCUT2D eigenvalue weighted by atomic mass is 16.6. The fourth-order valence-electron chi connectivity index (χ4n) is 3.30. The Morgan fingerprint density at radius 3 is 2.73 bits per heavy atom. The second-order valence-corrected chi connectivity index (χ2v) is 6.88. The van der Waals surface area contributed by atoms with E-state index in [0.29, 0.717) is 23.1 Å². The third-order valence-corrected chi connectivity index (χ3v) is 4.73. The Hall–Kier alpha value is -2.80. The van der Waals surface area contributed by atoms with Crippen LogP contribution in [0.25, 0.3) is 11.0 Å². The first-order chi connectivity index (χ1) is 12.3. The van der Waals surface area contributed by atoms with Gasteiger partial charge in [0.2, 0.25) is 5.75 Å². The van der Waals surface area contributed by atoms with Crippen molar-refractivity contribution in [2.24, 2.45) is 0 Å². The summed E-state index contributed by atoms with van der Waals surface area (Å²) in [5, 5.41) is 11.6. The predicted octanol–water partition coefficient (Wildman–Crippen LogP) is 1.95. The first-order valence-electron chi connectivity index (χ1n) is 8.31. The summed E-state index contributed by atoms with van der Waals surface area (Å²) in [5.41, 5.74) is -1.16. The molecule has 0 unspecified atom stereocenters. The molecule has 7 nitrogen and oxygen atoms in total. The Labute approximate surface area is 148 Å². The molecule has 0 amide bonds. The minimum absolute atomic E-state index is 0.115. The SMILES string of the molecule is C=C1C[C@@H](C[C@@](C)(O)[C@H]2COc3ccc4ccc(=O)oc4c3O2)OC1=O. The molecule has 0 radical (unpaired) electrons. The zero-order valence-corrected chi connectivity index (χ0v) is 14.2. The Kier molecular flexibility index (Phi) is 3.77. The normalized spacial score (nSPS) is 24.4. The molecule has 1 saturated heterocycles. The van der Waals surface area contributed by atoms with Crippen molar-refractivity contribution in [3.8, 4) is 11.5 Å². The smallest absolute Gasteiger partial charge is 0.336 e. The maximum absolute atomic E-state index is 11.6. The molecular weight excluding hydrogens is 340 g/mol. The molecule has 4 rings (SSSR count). The summed E-state index contributed by atoms with van der Waals surface area (Å²) < 4.78 is 22.1. The Morgan fingerprint density at radius 1 is 1.23 bits per heavy atom. The largest absolute Gasteiger partial charge is 0.486 e. The van der Waals surface area contributed by atoms with Crippen LogP contribution in [0.2, 0.25) is 0 Å². The van der Waals surface area contributed by atoms with E-state index in [2.05, 4.69) is 6.58 Å². The minimum Gasteiger partial charge on any atom is -0.486 e. The zero-order valence-electron chi connectivity index (χ0n) is 14.2. The predicted molar refractivity (Wildman–Crippen MR) is 91.3 cm³/mol. The van der Waals surface area contributed by atoms with Gasteiger partial charge in [-0.15, -0.1) is 0 Å². The van der Waals surface area contributed by atoms with Crippen LogP contribution in [0.15, 0.2) is 45.6 Å². The summed E-state index contributed by atoms with van der Waals surface area (Å²) >= 11 is 0. The van der Waals surface area contributed by atoms with Gasteiger partial charge in [-0.2, -0.15) is 0 Å². The van der Waals surface area contributed by atoms with E-state index in [9.17, 15) is 14.7 Å². The maximum atomic E-state index is 11.6. The molecule has 2 aliphatic heterocycles. The highest BCUT2D eigenvalue weighted by Crippen LogP contribution is 2.41. The van der Waals surface area contributed by atoms with Crippen molar-refractivity contribution >= 4 is 16.9 Å². The number of hydrogen-bond acceptors (Lipinski definition) is 7. The van der Waals surface area contributed by atoms with Gasteiger partial charge in [-0.25, -0.2) is 9.59 Å². The highest BCUT2D eigenvalue weighted by Gasteiger charge is 2.42. The average molecular weight is 358 g/mol. The molecule has 3 heterocycles. The number of esters is 1. The van der Waals surface area contributed by atoms with Crippen molar-refractivity contribution in [1.29, 1.82) is 0 Å². The molecule has 1 fully saturated rings. The van der Waals surface area contributed by atoms with Crippen LogP contribution < -0.4 is 15.1 Å². The van der Waals surface area contributed by atoms with Gasteiger partial charge in [-0.05, 0) is 25.1 Å². The van der Waals surface area contributed by atoms with E-state index in [1.165, 1.54) is 6.07 Å². The van der Waals surface area contributed by atoms with E-state index >= 15 is 0 Å². The van der Waals surface area contributed by atoms with Crippen LogP contribution in [0.1, 0.15) is 19.8 Å². The molecule has 0 bridgehead atoms. The van der Waals surface area contributed by atoms with Gasteiger partial charge in [0.15, 0.2) is 17.4 Å². The Morgan fingerprint density at radius 2 is 2.00 bits per heavy atom. The van der Waals surface area contributed by atoms with Gasteiger partial charge in [0.05, 0.1) is 0 Å². The van der Waals surface area contributed by atoms with Crippen LogP contribution in [0.5, 0.6) is 11.5 Å². The van der Waals surface area contributed by atoms with E-state index in [-0.39, 0.29) is 24.4 Å². The van der Waals surface area contributed by atoms with Crippen LogP contribution in [0.4, 0.5) is 0 Å². The molecule has 0 spiro atoms. The van der Waals surface area contributed by atoms with Gasteiger partial charge < -0.3 is 23.7 Å². The Balaban J connectivity index is 1.61. The summed E-state index contributed by atoms with van der Waals surface area (Å²) in [6, 6.07) is 6.46. The van der Waals surface area contributed by atoms with Gasteiger partial charge in [-0.1, -0.05) is 6.58 Å². The number of carbonyl (C=O) groups is 1. The maximum Gasteiger partial charge on any atom is 0.336 e. The zero-order chi connectivity index (χ0) is 18.5. The molecule has 0 aliphatic carbocycles. The minimum atomic E-state index is -1.33. The molecule has 1 aromatic carbocycles. The number of hydrogen-bond donors (Lipinski definition) is 1. The van der Waals surface area contributed by atoms with E-state index in [4.69, 9.17) is 18.6 Å². The van der Waals surface area contributed by atoms with E-state index in [1.54, 1.807) is 25.1 Å². The van der Waals surface area contributed by atoms with Gasteiger partial charge in [0.25, 0.3) is 0 Å². The third kappa shape index (κ3) is 2.84. The van der Waals surface area contributed by atoms with Crippen LogP contribution in [-0.4, -0.2) is 35.5 Å². The number of fused-ring (bicyclic) bond motifs is 3. The molecule has 0 saturated carbocycles. The summed E-state index contributed by atoms with van der Waals surface area (Å²) in [4.78, 5) is 23.1. The topological polar surface area (TPSA) is 95.2 Å². The van der Waals surface area contributed by atoms with Crippen LogP contribution in [-0.2, 0) is 9.53 Å². The lowest BCUT2D eigenvalue weighted by Gasteiger charge is -2.37. The lowest BCUT2D eigenvalue weighted by atomic mass is 9.90. The van der Waals surface area contributed by atoms with Crippen molar-refractivity contribution in [2.75, 3.05) is 6.61 Å². The fraction of sp³-hybridized carbons (Fsp3) is 0.368. The number of carbonyl (C=O) groups excluding carboxylic acids is 1. The van der Waals surface area contributed by atoms with Crippen molar-refractivity contribution in [2.45, 2.75) is 37.6 Å². The van der Waals surface area contributed by atoms with Crippen LogP contribution in [0, 0.1) is 0 Å². The van der Waals surface area contributed by atoms with Gasteiger partial charge in [-0.3, -0.25) is 0 Å². The van der Waals surface area contributed by atoms with E-state index in [1.807, 2.05) is 0 Å². The average Bonchev–Trinajstić information content (AvgIpc) is 2.91. The molecule has 1 N–H and O–H groups in total. The highest BCUT2D eigenvalue weighted by molar-refractivity contribution is 5.90. The quantitative estimate of drug-likeness (QED) is 0.509. The number of cyclic esters (lactones) is 1. The molecular formula is C19H18O7. The van der Waals surface area contributed by atoms with Crippen molar-refractivity contribution in [3.05, 3.63) is 46.8 Å². The summed E-state index contributed by atoms with van der Waals surface area (Å²) in [6.45, 7) is 5.36. The number of rotatable bonds is 3. The van der Waals surface area contributed by atoms with Crippen molar-refractivity contribution in [3.63, 3.8) is 0 Å². The van der Waals surface area contributed by atoms with Gasteiger partial charge >= 0.3 is 11.6 Å². The van der Waals surface area contributed by atoms with Crippen LogP contribution >= 0.6 is 0 Å². The van der Waals surface area contributed by atoms with Crippen molar-refractivity contribution < 1.29 is 28.5 Å². The first-order valence-corrected chi connectivity index (χ1v) is 8.31. The third-order valence-electron chi connectivity index (χ3n) is 4.73. The summed E-state index contributed by atoms with van der Waals surface area (Å²) in [6.07, 6.45) is -0.633. The number of ether oxygens (including phenoxy) is 3. The monoisotopic (exact) mass is 358 g/mol. The van der Waals surface area contributed by atoms with E-state index < -0.39 is 29.4 Å². The molecule has 136 valence electrons. The molecule has 2 aromatic rings. The first kappa shape index (κ1) is 16.7. The second kappa shape index (κ2) is 5.88. The molecule has 2 aliphatic rings. The standard InChI is InChI=1S/C19H18O7/c1-10-7-12(24-18(10)21)8-19(2,22)14-9-23-13-5-3-11-4-6-15(20)26-16(11)17(13)25-14/h3-6,12,14,22H,1,7-9H2,2H3/t12-,14+,19+/m0/s1. The fourth-order valence-corrected chi connectivity index (χ4v) is 3.30. The van der Waals surface area contributed by atoms with Gasteiger partial charge in [0.1, 0.15) is 18.3 Å². The van der Waals surface area contributed by atoms with E-state index in [0.717, 1.165) is 0 Å². The lowest BCUT2D eigenvalue weighted by Crippen LogP contribution is -2.50. The number of benzene rings is 1. The molecule has 26 heavy (non-hydrogen) atoms. The number of aliphatic hydroxyl groups is 1. The summed E-state index contributed by atoms with van der Waals surface area (Å²) in [5.74, 6) is 0.286. The summed E-state index contributed by atoms with van der Waals surface area (Å²) in [7, 11) is 0. The molecule has 1 aromatic heterocycles. The molecule has 3 atom stereocenters. The Bertz CT molecular complexity index is 940. The van der Waals surface area contributed by atoms with Crippen LogP contribution in [0.3, 0.4) is 0 Å². The van der Waals surface area contributed by atoms with Crippen molar-refractivity contribution in [1.82, 2.24) is 0 Å². The molecule has 7 heteroatoms. The second-order valence-electron chi connectivity index (χ2n) is 6.88. The lowest BCUT2D eigenvalue weighted by molar-refractivity contribution is -0.144. The van der Waals surface area contributed by atoms with Gasteiger partial charge in [0, 0.05) is 29.9 Å².